The minimum atomic E-state index is -0.349. The molecule has 0 spiro atoms. The van der Waals surface area contributed by atoms with Crippen LogP contribution in [-0.4, -0.2) is 69.6 Å². The number of hydrogen-bond acceptors (Lipinski definition) is 6. The smallest absolute Gasteiger partial charge is 0.251 e. The van der Waals surface area contributed by atoms with Gasteiger partial charge in [-0.05, 0) is 55.2 Å². The van der Waals surface area contributed by atoms with Crippen molar-refractivity contribution in [3.63, 3.8) is 0 Å². The van der Waals surface area contributed by atoms with Crippen molar-refractivity contribution in [2.75, 3.05) is 68.0 Å². The van der Waals surface area contributed by atoms with Crippen molar-refractivity contribution >= 4 is 28.9 Å². The Morgan fingerprint density at radius 3 is 2.30 bits per heavy atom. The fourth-order valence-electron chi connectivity index (χ4n) is 6.02. The molecule has 8 heteroatoms. The lowest BCUT2D eigenvalue weighted by Gasteiger charge is -2.39. The highest BCUT2D eigenvalue weighted by molar-refractivity contribution is 5.96. The Morgan fingerprint density at radius 2 is 1.63 bits per heavy atom. The Hall–Kier alpha value is -4.30. The van der Waals surface area contributed by atoms with Crippen molar-refractivity contribution < 1.29 is 14.3 Å². The minimum absolute atomic E-state index is 0.135. The van der Waals surface area contributed by atoms with Gasteiger partial charge in [0.15, 0.2) is 0 Å². The van der Waals surface area contributed by atoms with Gasteiger partial charge in [-0.25, -0.2) is 0 Å². The van der Waals surface area contributed by atoms with E-state index in [1.165, 1.54) is 11.3 Å². The summed E-state index contributed by atoms with van der Waals surface area (Å²) in [6.45, 7) is 12.0. The summed E-state index contributed by atoms with van der Waals surface area (Å²) in [6.07, 6.45) is 1.94. The number of piperazine rings is 1. The molecule has 5 rings (SSSR count). The zero-order valence-corrected chi connectivity index (χ0v) is 25.4. The molecule has 2 aliphatic heterocycles. The number of rotatable bonds is 12. The van der Waals surface area contributed by atoms with E-state index in [1.807, 2.05) is 53.4 Å². The molecule has 0 bridgehead atoms. The molecule has 8 nitrogen and oxygen atoms in total. The largest absolute Gasteiger partial charge is 0.371 e. The SMILES string of the molecule is C=C(Nc1cc(C(=O)NCCCN2CCCC2=O)ccc1N1CCN(c2ccccc2C)CC1)C(OC)c1ccccc1. The van der Waals surface area contributed by atoms with Gasteiger partial charge in [0, 0.05) is 76.3 Å². The molecular formula is C35H43N5O3. The first kappa shape index (κ1) is 30.2. The van der Waals surface area contributed by atoms with Crippen LogP contribution in [0.4, 0.5) is 17.1 Å². The van der Waals surface area contributed by atoms with Gasteiger partial charge in [0.05, 0.1) is 11.4 Å². The quantitative estimate of drug-likeness (QED) is 0.280. The van der Waals surface area contributed by atoms with Gasteiger partial charge >= 0.3 is 0 Å². The van der Waals surface area contributed by atoms with E-state index in [0.29, 0.717) is 30.8 Å². The summed E-state index contributed by atoms with van der Waals surface area (Å²) in [5, 5.41) is 6.55. The van der Waals surface area contributed by atoms with Crippen molar-refractivity contribution in [2.45, 2.75) is 32.3 Å². The van der Waals surface area contributed by atoms with Gasteiger partial charge in [0.25, 0.3) is 5.91 Å². The molecule has 0 saturated carbocycles. The first-order valence-electron chi connectivity index (χ1n) is 15.2. The highest BCUT2D eigenvalue weighted by Gasteiger charge is 2.23. The fraction of sp³-hybridized carbons (Fsp3) is 0.371. The van der Waals surface area contributed by atoms with Crippen molar-refractivity contribution in [1.82, 2.24) is 10.2 Å². The Morgan fingerprint density at radius 1 is 0.930 bits per heavy atom. The van der Waals surface area contributed by atoms with Crippen LogP contribution in [0.3, 0.4) is 0 Å². The molecule has 43 heavy (non-hydrogen) atoms. The number of anilines is 3. The van der Waals surface area contributed by atoms with Gasteiger partial charge < -0.3 is 30.1 Å². The molecule has 1 atom stereocenters. The fourth-order valence-corrected chi connectivity index (χ4v) is 6.02. The van der Waals surface area contributed by atoms with E-state index < -0.39 is 0 Å². The zero-order valence-electron chi connectivity index (χ0n) is 25.4. The van der Waals surface area contributed by atoms with Crippen molar-refractivity contribution in [1.29, 1.82) is 0 Å². The molecule has 2 N–H and O–H groups in total. The van der Waals surface area contributed by atoms with Crippen LogP contribution in [0, 0.1) is 6.92 Å². The lowest BCUT2D eigenvalue weighted by atomic mass is 10.1. The molecule has 2 amide bonds. The van der Waals surface area contributed by atoms with Crippen molar-refractivity contribution in [3.8, 4) is 0 Å². The van der Waals surface area contributed by atoms with E-state index in [0.717, 1.165) is 62.5 Å². The molecule has 0 aliphatic carbocycles. The number of hydrogen-bond donors (Lipinski definition) is 2. The van der Waals surface area contributed by atoms with Crippen LogP contribution in [0.5, 0.6) is 0 Å². The van der Waals surface area contributed by atoms with Gasteiger partial charge in [0.2, 0.25) is 5.91 Å². The van der Waals surface area contributed by atoms with Gasteiger partial charge in [-0.1, -0.05) is 55.1 Å². The van der Waals surface area contributed by atoms with E-state index in [1.54, 1.807) is 7.11 Å². The average molecular weight is 582 g/mol. The van der Waals surface area contributed by atoms with Gasteiger partial charge in [-0.3, -0.25) is 9.59 Å². The number of nitrogens with one attached hydrogen (secondary N) is 2. The number of amides is 2. The number of para-hydroxylation sites is 1. The van der Waals surface area contributed by atoms with E-state index in [9.17, 15) is 9.59 Å². The van der Waals surface area contributed by atoms with Crippen LogP contribution in [0.2, 0.25) is 0 Å². The summed E-state index contributed by atoms with van der Waals surface area (Å²) in [4.78, 5) is 31.8. The second-order valence-corrected chi connectivity index (χ2v) is 11.3. The van der Waals surface area contributed by atoms with Crippen LogP contribution in [-0.2, 0) is 9.53 Å². The zero-order chi connectivity index (χ0) is 30.2. The Labute approximate surface area is 255 Å². The lowest BCUT2D eigenvalue weighted by molar-refractivity contribution is -0.127. The van der Waals surface area contributed by atoms with Crippen LogP contribution in [0.1, 0.15) is 46.9 Å². The van der Waals surface area contributed by atoms with Crippen molar-refractivity contribution in [2.24, 2.45) is 0 Å². The summed E-state index contributed by atoms with van der Waals surface area (Å²) < 4.78 is 5.83. The van der Waals surface area contributed by atoms with E-state index >= 15 is 0 Å². The van der Waals surface area contributed by atoms with Gasteiger partial charge in [0.1, 0.15) is 6.10 Å². The highest BCUT2D eigenvalue weighted by atomic mass is 16.5. The molecule has 0 aromatic heterocycles. The summed E-state index contributed by atoms with van der Waals surface area (Å²) in [5.41, 5.74) is 6.68. The molecule has 226 valence electrons. The van der Waals surface area contributed by atoms with Gasteiger partial charge in [-0.2, -0.15) is 0 Å². The maximum atomic E-state index is 13.2. The number of nitrogens with zero attached hydrogens (tertiary/aromatic N) is 3. The molecule has 3 aromatic carbocycles. The monoisotopic (exact) mass is 581 g/mol. The number of methoxy groups -OCH3 is 1. The molecular weight excluding hydrogens is 538 g/mol. The van der Waals surface area contributed by atoms with E-state index in [2.05, 4.69) is 58.2 Å². The van der Waals surface area contributed by atoms with Crippen LogP contribution >= 0.6 is 0 Å². The normalized spacial score (nSPS) is 15.9. The number of likely N-dealkylation sites (tertiary alicyclic amines) is 1. The van der Waals surface area contributed by atoms with E-state index in [4.69, 9.17) is 4.74 Å². The summed E-state index contributed by atoms with van der Waals surface area (Å²) in [7, 11) is 1.68. The van der Waals surface area contributed by atoms with E-state index in [-0.39, 0.29) is 17.9 Å². The Kier molecular flexibility index (Phi) is 10.00. The molecule has 2 heterocycles. The standard InChI is InChI=1S/C35H43N5O3/c1-26-11-7-8-14-31(26)38-21-23-39(24-22-38)32-17-16-29(35(42)36-18-10-20-40-19-9-15-33(40)41)25-30(32)37-27(2)34(43-3)28-12-5-4-6-13-28/h4-8,11-14,16-17,25,34,37H,2,9-10,15,18-24H2,1,3H3,(H,36,42). The maximum Gasteiger partial charge on any atom is 0.251 e. The number of aryl methyl sites for hydroxylation is 1. The number of carbonyl (C=O) groups excluding carboxylic acids is 2. The summed E-state index contributed by atoms with van der Waals surface area (Å²) >= 11 is 0. The molecule has 3 aromatic rings. The first-order valence-corrected chi connectivity index (χ1v) is 15.2. The third kappa shape index (κ3) is 7.38. The maximum absolute atomic E-state index is 13.2. The third-order valence-electron chi connectivity index (χ3n) is 8.35. The lowest BCUT2D eigenvalue weighted by Crippen LogP contribution is -2.47. The highest BCUT2D eigenvalue weighted by Crippen LogP contribution is 2.33. The average Bonchev–Trinajstić information content (AvgIpc) is 3.44. The predicted molar refractivity (Wildman–Crippen MR) is 174 cm³/mol. The molecule has 2 saturated heterocycles. The van der Waals surface area contributed by atoms with Gasteiger partial charge in [-0.15, -0.1) is 0 Å². The van der Waals surface area contributed by atoms with Crippen LogP contribution in [0.15, 0.2) is 85.1 Å². The minimum Gasteiger partial charge on any atom is -0.371 e. The second kappa shape index (κ2) is 14.2. The Bertz CT molecular complexity index is 1420. The molecule has 1 unspecified atom stereocenters. The Balaban J connectivity index is 1.31. The first-order chi connectivity index (χ1) is 20.9. The van der Waals surface area contributed by atoms with Crippen molar-refractivity contribution in [3.05, 3.63) is 102 Å². The molecule has 2 fully saturated rings. The molecule has 0 radical (unpaired) electrons. The number of ether oxygens (including phenoxy) is 1. The third-order valence-corrected chi connectivity index (χ3v) is 8.35. The molecule has 2 aliphatic rings. The summed E-state index contributed by atoms with van der Waals surface area (Å²) in [6, 6.07) is 24.3. The summed E-state index contributed by atoms with van der Waals surface area (Å²) in [5.74, 6) is 0.0751. The number of benzene rings is 3. The topological polar surface area (TPSA) is 77.2 Å². The predicted octanol–water partition coefficient (Wildman–Crippen LogP) is 5.38. The number of carbonyl (C=O) groups is 2. The van der Waals surface area contributed by atoms with Crippen LogP contribution < -0.4 is 20.4 Å². The second-order valence-electron chi connectivity index (χ2n) is 11.3. The van der Waals surface area contributed by atoms with Crippen LogP contribution in [0.25, 0.3) is 0 Å².